The van der Waals surface area contributed by atoms with Crippen LogP contribution in [-0.2, 0) is 11.3 Å². The van der Waals surface area contributed by atoms with E-state index in [2.05, 4.69) is 9.97 Å². The van der Waals surface area contributed by atoms with Crippen LogP contribution in [0, 0.1) is 0 Å². The second-order valence-corrected chi connectivity index (χ2v) is 4.62. The standard InChI is InChI=1S/C11H17N3O2/c1-11(2,3)14(7-10(15)16)6-9-4-5-12-8-13-9/h4-5,8H,6-7H2,1-3H3,(H,15,16). The summed E-state index contributed by atoms with van der Waals surface area (Å²) in [5.74, 6) is -0.830. The number of carboxylic acids is 1. The minimum Gasteiger partial charge on any atom is -0.480 e. The molecule has 88 valence electrons. The Hall–Kier alpha value is -1.49. The first-order chi connectivity index (χ1) is 7.39. The fraction of sp³-hybridized carbons (Fsp3) is 0.545. The minimum atomic E-state index is -0.830. The molecule has 0 aliphatic rings. The van der Waals surface area contributed by atoms with E-state index in [4.69, 9.17) is 5.11 Å². The molecule has 0 spiro atoms. The number of rotatable bonds is 4. The molecule has 1 heterocycles. The van der Waals surface area contributed by atoms with Crippen LogP contribution in [0.2, 0.25) is 0 Å². The van der Waals surface area contributed by atoms with Gasteiger partial charge in [0.2, 0.25) is 0 Å². The quantitative estimate of drug-likeness (QED) is 0.829. The van der Waals surface area contributed by atoms with E-state index in [0.717, 1.165) is 5.69 Å². The summed E-state index contributed by atoms with van der Waals surface area (Å²) >= 11 is 0. The van der Waals surface area contributed by atoms with E-state index in [1.807, 2.05) is 25.7 Å². The molecule has 5 nitrogen and oxygen atoms in total. The largest absolute Gasteiger partial charge is 0.480 e. The lowest BCUT2D eigenvalue weighted by atomic mass is 10.1. The Bertz CT molecular complexity index is 346. The van der Waals surface area contributed by atoms with Crippen molar-refractivity contribution in [1.29, 1.82) is 0 Å². The molecular weight excluding hydrogens is 206 g/mol. The van der Waals surface area contributed by atoms with E-state index < -0.39 is 5.97 Å². The van der Waals surface area contributed by atoms with Gasteiger partial charge in [0.15, 0.2) is 0 Å². The highest BCUT2D eigenvalue weighted by atomic mass is 16.4. The van der Waals surface area contributed by atoms with Crippen LogP contribution in [0.4, 0.5) is 0 Å². The third-order valence-corrected chi connectivity index (χ3v) is 2.27. The molecule has 0 atom stereocenters. The monoisotopic (exact) mass is 223 g/mol. The van der Waals surface area contributed by atoms with Crippen molar-refractivity contribution in [2.75, 3.05) is 6.54 Å². The second kappa shape index (κ2) is 5.03. The molecule has 0 saturated heterocycles. The number of nitrogens with zero attached hydrogens (tertiary/aromatic N) is 3. The predicted octanol–water partition coefficient (Wildman–Crippen LogP) is 1.16. The molecule has 5 heteroatoms. The first-order valence-corrected chi connectivity index (χ1v) is 5.11. The van der Waals surface area contributed by atoms with Crippen LogP contribution < -0.4 is 0 Å². The van der Waals surface area contributed by atoms with Crippen molar-refractivity contribution in [2.45, 2.75) is 32.9 Å². The fourth-order valence-electron chi connectivity index (χ4n) is 1.30. The van der Waals surface area contributed by atoms with Gasteiger partial charge in [0.25, 0.3) is 0 Å². The Labute approximate surface area is 95.1 Å². The van der Waals surface area contributed by atoms with Crippen molar-refractivity contribution in [1.82, 2.24) is 14.9 Å². The summed E-state index contributed by atoms with van der Waals surface area (Å²) in [5.41, 5.74) is 0.620. The molecule has 16 heavy (non-hydrogen) atoms. The molecule has 1 rings (SSSR count). The number of aliphatic carboxylic acids is 1. The van der Waals surface area contributed by atoms with Gasteiger partial charge in [-0.2, -0.15) is 0 Å². The second-order valence-electron chi connectivity index (χ2n) is 4.62. The lowest BCUT2D eigenvalue weighted by Gasteiger charge is -2.33. The van der Waals surface area contributed by atoms with Crippen LogP contribution in [0.3, 0.4) is 0 Å². The molecular formula is C11H17N3O2. The molecule has 1 aromatic heterocycles. The average Bonchev–Trinajstić information content (AvgIpc) is 2.16. The Balaban J connectivity index is 2.75. The predicted molar refractivity (Wildman–Crippen MR) is 59.8 cm³/mol. The molecule has 0 saturated carbocycles. The van der Waals surface area contributed by atoms with Crippen LogP contribution >= 0.6 is 0 Å². The molecule has 0 amide bonds. The van der Waals surface area contributed by atoms with Gasteiger partial charge in [0.1, 0.15) is 6.33 Å². The maximum atomic E-state index is 10.8. The normalized spacial score (nSPS) is 11.8. The van der Waals surface area contributed by atoms with Gasteiger partial charge < -0.3 is 5.11 Å². The molecule has 0 unspecified atom stereocenters. The maximum absolute atomic E-state index is 10.8. The third kappa shape index (κ3) is 3.94. The smallest absolute Gasteiger partial charge is 0.317 e. The summed E-state index contributed by atoms with van der Waals surface area (Å²) in [7, 11) is 0. The van der Waals surface area contributed by atoms with Crippen molar-refractivity contribution in [2.24, 2.45) is 0 Å². The molecule has 1 aromatic rings. The summed E-state index contributed by atoms with van der Waals surface area (Å²) in [6, 6.07) is 1.79. The van der Waals surface area contributed by atoms with E-state index in [0.29, 0.717) is 6.54 Å². The van der Waals surface area contributed by atoms with Gasteiger partial charge in [-0.05, 0) is 26.8 Å². The van der Waals surface area contributed by atoms with Gasteiger partial charge in [-0.25, -0.2) is 9.97 Å². The van der Waals surface area contributed by atoms with Crippen molar-refractivity contribution < 1.29 is 9.90 Å². The first kappa shape index (κ1) is 12.6. The highest BCUT2D eigenvalue weighted by molar-refractivity contribution is 5.69. The summed E-state index contributed by atoms with van der Waals surface area (Å²) in [6.45, 7) is 6.47. The lowest BCUT2D eigenvalue weighted by molar-refractivity contribution is -0.139. The van der Waals surface area contributed by atoms with E-state index in [1.54, 1.807) is 12.3 Å². The average molecular weight is 223 g/mol. The van der Waals surface area contributed by atoms with Crippen LogP contribution in [0.5, 0.6) is 0 Å². The van der Waals surface area contributed by atoms with Crippen LogP contribution in [0.1, 0.15) is 26.5 Å². The Morgan fingerprint density at radius 1 is 1.50 bits per heavy atom. The summed E-state index contributed by atoms with van der Waals surface area (Å²) in [5, 5.41) is 8.85. The van der Waals surface area contributed by atoms with Crippen molar-refractivity contribution >= 4 is 5.97 Å². The summed E-state index contributed by atoms with van der Waals surface area (Å²) in [6.07, 6.45) is 3.13. The summed E-state index contributed by atoms with van der Waals surface area (Å²) < 4.78 is 0. The Morgan fingerprint density at radius 3 is 2.62 bits per heavy atom. The molecule has 0 fully saturated rings. The maximum Gasteiger partial charge on any atom is 0.317 e. The number of hydrogen-bond acceptors (Lipinski definition) is 4. The number of carbonyl (C=O) groups is 1. The van der Waals surface area contributed by atoms with Gasteiger partial charge in [-0.3, -0.25) is 9.69 Å². The fourth-order valence-corrected chi connectivity index (χ4v) is 1.30. The molecule has 1 N–H and O–H groups in total. The van der Waals surface area contributed by atoms with Gasteiger partial charge in [-0.1, -0.05) is 0 Å². The highest BCUT2D eigenvalue weighted by Gasteiger charge is 2.23. The SMILES string of the molecule is CC(C)(C)N(CC(=O)O)Cc1ccncn1. The van der Waals surface area contributed by atoms with Gasteiger partial charge in [0, 0.05) is 18.3 Å². The molecule has 0 aromatic carbocycles. The van der Waals surface area contributed by atoms with E-state index >= 15 is 0 Å². The van der Waals surface area contributed by atoms with Gasteiger partial charge >= 0.3 is 5.97 Å². The van der Waals surface area contributed by atoms with E-state index in [1.165, 1.54) is 6.33 Å². The zero-order valence-corrected chi connectivity index (χ0v) is 9.84. The van der Waals surface area contributed by atoms with Crippen LogP contribution in [0.15, 0.2) is 18.6 Å². The summed E-state index contributed by atoms with van der Waals surface area (Å²) in [4.78, 5) is 20.6. The van der Waals surface area contributed by atoms with Gasteiger partial charge in [-0.15, -0.1) is 0 Å². The van der Waals surface area contributed by atoms with Crippen molar-refractivity contribution in [3.05, 3.63) is 24.3 Å². The van der Waals surface area contributed by atoms with Crippen LogP contribution in [0.25, 0.3) is 0 Å². The third-order valence-electron chi connectivity index (χ3n) is 2.27. The highest BCUT2D eigenvalue weighted by Crippen LogP contribution is 2.15. The molecule has 0 radical (unpaired) electrons. The number of hydrogen-bond donors (Lipinski definition) is 1. The van der Waals surface area contributed by atoms with Gasteiger partial charge in [0.05, 0.1) is 12.2 Å². The van der Waals surface area contributed by atoms with Crippen molar-refractivity contribution in [3.63, 3.8) is 0 Å². The van der Waals surface area contributed by atoms with Crippen LogP contribution in [-0.4, -0.2) is 38.0 Å². The zero-order chi connectivity index (χ0) is 12.2. The lowest BCUT2D eigenvalue weighted by Crippen LogP contribution is -2.43. The van der Waals surface area contributed by atoms with E-state index in [-0.39, 0.29) is 12.1 Å². The minimum absolute atomic E-state index is 0.00744. The zero-order valence-electron chi connectivity index (χ0n) is 9.84. The number of aromatic nitrogens is 2. The number of carboxylic acid groups (broad SMARTS) is 1. The Kier molecular flexibility index (Phi) is 3.95. The Morgan fingerprint density at radius 2 is 2.19 bits per heavy atom. The van der Waals surface area contributed by atoms with E-state index in [9.17, 15) is 4.79 Å². The molecule has 0 aliphatic carbocycles. The molecule has 0 bridgehead atoms. The first-order valence-electron chi connectivity index (χ1n) is 5.11. The topological polar surface area (TPSA) is 66.3 Å². The molecule has 0 aliphatic heterocycles. The van der Waals surface area contributed by atoms with Crippen molar-refractivity contribution in [3.8, 4) is 0 Å².